The zero-order chi connectivity index (χ0) is 15.4. The first kappa shape index (κ1) is 15.8. The van der Waals surface area contributed by atoms with Crippen molar-refractivity contribution in [3.63, 3.8) is 0 Å². The molecule has 3 N–H and O–H groups in total. The van der Waals surface area contributed by atoms with Crippen molar-refractivity contribution in [2.45, 2.75) is 58.0 Å². The molecule has 0 saturated heterocycles. The molecule has 2 rings (SSSR count). The van der Waals surface area contributed by atoms with Gasteiger partial charge in [-0.25, -0.2) is 0 Å². The average molecular weight is 290 g/mol. The Morgan fingerprint density at radius 2 is 2.14 bits per heavy atom. The van der Waals surface area contributed by atoms with E-state index in [0.29, 0.717) is 25.0 Å². The van der Waals surface area contributed by atoms with Crippen molar-refractivity contribution in [3.05, 3.63) is 29.3 Å². The number of nitrogens with one attached hydrogen (secondary N) is 1. The lowest BCUT2D eigenvalue weighted by atomic mass is 9.98. The number of carbonyl (C=O) groups is 1. The van der Waals surface area contributed by atoms with E-state index in [4.69, 9.17) is 10.5 Å². The van der Waals surface area contributed by atoms with Gasteiger partial charge >= 0.3 is 0 Å². The number of primary amides is 1. The van der Waals surface area contributed by atoms with Crippen LogP contribution in [-0.2, 0) is 4.79 Å². The molecule has 1 amide bonds. The van der Waals surface area contributed by atoms with Crippen LogP contribution in [0.2, 0.25) is 0 Å². The third-order valence-electron chi connectivity index (χ3n) is 3.90. The average Bonchev–Trinajstić information content (AvgIpc) is 3.21. The molecule has 0 radical (unpaired) electrons. The Kier molecular flexibility index (Phi) is 5.23. The van der Waals surface area contributed by atoms with Crippen LogP contribution in [0.5, 0.6) is 5.75 Å². The highest BCUT2D eigenvalue weighted by molar-refractivity contribution is 5.79. The third-order valence-corrected chi connectivity index (χ3v) is 3.90. The number of rotatable bonds is 8. The Morgan fingerprint density at radius 1 is 1.43 bits per heavy atom. The number of aryl methyl sites for hydroxylation is 1. The molecule has 1 saturated carbocycles. The molecule has 1 unspecified atom stereocenters. The van der Waals surface area contributed by atoms with Gasteiger partial charge in [-0.05, 0) is 48.9 Å². The van der Waals surface area contributed by atoms with Gasteiger partial charge in [0, 0.05) is 12.5 Å². The van der Waals surface area contributed by atoms with Crippen LogP contribution in [0.3, 0.4) is 0 Å². The topological polar surface area (TPSA) is 64.3 Å². The van der Waals surface area contributed by atoms with Gasteiger partial charge in [0.2, 0.25) is 5.91 Å². The van der Waals surface area contributed by atoms with E-state index in [1.165, 1.54) is 11.1 Å². The fourth-order valence-electron chi connectivity index (χ4n) is 2.52. The Morgan fingerprint density at radius 3 is 2.67 bits per heavy atom. The maximum Gasteiger partial charge on any atom is 0.234 e. The van der Waals surface area contributed by atoms with Crippen molar-refractivity contribution in [1.82, 2.24) is 5.32 Å². The maximum absolute atomic E-state index is 11.4. The molecule has 1 fully saturated rings. The van der Waals surface area contributed by atoms with E-state index < -0.39 is 0 Å². The molecule has 0 bridgehead atoms. The van der Waals surface area contributed by atoms with Gasteiger partial charge in [-0.2, -0.15) is 0 Å². The Labute approximate surface area is 127 Å². The Hall–Kier alpha value is -1.55. The molecule has 1 aliphatic rings. The summed E-state index contributed by atoms with van der Waals surface area (Å²) in [6.07, 6.45) is 2.89. The lowest BCUT2D eigenvalue weighted by Gasteiger charge is -2.16. The van der Waals surface area contributed by atoms with Gasteiger partial charge in [0.15, 0.2) is 0 Å². The van der Waals surface area contributed by atoms with Crippen LogP contribution in [0, 0.1) is 6.92 Å². The summed E-state index contributed by atoms with van der Waals surface area (Å²) in [5.74, 6) is 1.07. The maximum atomic E-state index is 11.4. The van der Waals surface area contributed by atoms with Crippen LogP contribution in [0.15, 0.2) is 18.2 Å². The molecule has 0 spiro atoms. The third kappa shape index (κ3) is 4.74. The van der Waals surface area contributed by atoms with Crippen molar-refractivity contribution < 1.29 is 9.53 Å². The summed E-state index contributed by atoms with van der Waals surface area (Å²) in [4.78, 5) is 11.4. The minimum absolute atomic E-state index is 0.284. The first-order valence-electron chi connectivity index (χ1n) is 7.76. The summed E-state index contributed by atoms with van der Waals surface area (Å²) >= 11 is 0. The number of ether oxygens (including phenoxy) is 1. The molecule has 4 nitrogen and oxygen atoms in total. The van der Waals surface area contributed by atoms with Gasteiger partial charge in [-0.15, -0.1) is 0 Å². The molecule has 1 atom stereocenters. The second-order valence-electron chi connectivity index (χ2n) is 6.21. The standard InChI is InChI=1S/C17H26N2O2/c1-11(2)15-7-6-14(10-12(15)3)21-9-8-16(17(18)20)19-13-4-5-13/h6-7,10-11,13,16,19H,4-5,8-9H2,1-3H3,(H2,18,20). The van der Waals surface area contributed by atoms with Crippen molar-refractivity contribution in [2.24, 2.45) is 5.73 Å². The first-order chi connectivity index (χ1) is 9.97. The molecule has 4 heteroatoms. The number of hydrogen-bond acceptors (Lipinski definition) is 3. The van der Waals surface area contributed by atoms with Crippen molar-refractivity contribution in [2.75, 3.05) is 6.61 Å². The fourth-order valence-corrected chi connectivity index (χ4v) is 2.52. The van der Waals surface area contributed by atoms with Crippen molar-refractivity contribution in [1.29, 1.82) is 0 Å². The number of carbonyl (C=O) groups excluding carboxylic acids is 1. The molecule has 1 aromatic carbocycles. The minimum Gasteiger partial charge on any atom is -0.494 e. The van der Waals surface area contributed by atoms with Crippen LogP contribution in [0.4, 0.5) is 0 Å². The summed E-state index contributed by atoms with van der Waals surface area (Å²) in [6.45, 7) is 6.96. The van der Waals surface area contributed by atoms with Gasteiger partial charge < -0.3 is 15.8 Å². The quantitative estimate of drug-likeness (QED) is 0.773. The molecule has 1 aliphatic carbocycles. The van der Waals surface area contributed by atoms with Crippen LogP contribution in [-0.4, -0.2) is 24.6 Å². The summed E-state index contributed by atoms with van der Waals surface area (Å²) < 4.78 is 5.76. The van der Waals surface area contributed by atoms with E-state index in [1.54, 1.807) is 0 Å². The highest BCUT2D eigenvalue weighted by Crippen LogP contribution is 2.24. The van der Waals surface area contributed by atoms with E-state index in [1.807, 2.05) is 6.07 Å². The molecule has 0 heterocycles. The highest BCUT2D eigenvalue weighted by Gasteiger charge is 2.27. The Balaban J connectivity index is 1.84. The van der Waals surface area contributed by atoms with E-state index in [9.17, 15) is 4.79 Å². The smallest absolute Gasteiger partial charge is 0.234 e. The predicted octanol–water partition coefficient (Wildman–Crippen LogP) is 2.49. The van der Waals surface area contributed by atoms with Gasteiger partial charge in [0.1, 0.15) is 5.75 Å². The molecule has 0 aliphatic heterocycles. The Bertz CT molecular complexity index is 496. The van der Waals surface area contributed by atoms with Crippen LogP contribution in [0.1, 0.15) is 50.2 Å². The van der Waals surface area contributed by atoms with Crippen molar-refractivity contribution in [3.8, 4) is 5.75 Å². The van der Waals surface area contributed by atoms with Crippen LogP contribution >= 0.6 is 0 Å². The zero-order valence-corrected chi connectivity index (χ0v) is 13.2. The second-order valence-corrected chi connectivity index (χ2v) is 6.21. The molecular weight excluding hydrogens is 264 g/mol. The lowest BCUT2D eigenvalue weighted by molar-refractivity contribution is -0.120. The lowest BCUT2D eigenvalue weighted by Crippen LogP contribution is -2.43. The molecule has 0 aromatic heterocycles. The monoisotopic (exact) mass is 290 g/mol. The van der Waals surface area contributed by atoms with Crippen molar-refractivity contribution >= 4 is 5.91 Å². The predicted molar refractivity (Wildman–Crippen MR) is 84.5 cm³/mol. The largest absolute Gasteiger partial charge is 0.494 e. The van der Waals surface area contributed by atoms with Gasteiger partial charge in [0.05, 0.1) is 12.6 Å². The molecule has 1 aromatic rings. The first-order valence-corrected chi connectivity index (χ1v) is 7.76. The van der Waals surface area contributed by atoms with Gasteiger partial charge in [-0.3, -0.25) is 4.79 Å². The van der Waals surface area contributed by atoms with Crippen LogP contribution < -0.4 is 15.8 Å². The SMILES string of the molecule is Cc1cc(OCCC(NC2CC2)C(N)=O)ccc1C(C)C. The fraction of sp³-hybridized carbons (Fsp3) is 0.588. The molecule has 21 heavy (non-hydrogen) atoms. The van der Waals surface area contributed by atoms with Gasteiger partial charge in [0.25, 0.3) is 0 Å². The van der Waals surface area contributed by atoms with E-state index in [0.717, 1.165) is 18.6 Å². The highest BCUT2D eigenvalue weighted by atomic mass is 16.5. The number of benzene rings is 1. The minimum atomic E-state index is -0.295. The summed E-state index contributed by atoms with van der Waals surface area (Å²) in [5, 5.41) is 3.26. The zero-order valence-electron chi connectivity index (χ0n) is 13.2. The number of amides is 1. The molecular formula is C17H26N2O2. The number of nitrogens with two attached hydrogens (primary N) is 1. The van der Waals surface area contributed by atoms with Gasteiger partial charge in [-0.1, -0.05) is 19.9 Å². The summed E-state index contributed by atoms with van der Waals surface area (Å²) in [5.41, 5.74) is 7.99. The normalized spacial score (nSPS) is 16.0. The molecule has 116 valence electrons. The van der Waals surface area contributed by atoms with E-state index >= 15 is 0 Å². The number of hydrogen-bond donors (Lipinski definition) is 2. The summed E-state index contributed by atoms with van der Waals surface area (Å²) in [7, 11) is 0. The summed E-state index contributed by atoms with van der Waals surface area (Å²) in [6, 6.07) is 6.35. The van der Waals surface area contributed by atoms with E-state index in [2.05, 4.69) is 38.2 Å². The second kappa shape index (κ2) is 6.94. The van der Waals surface area contributed by atoms with Crippen LogP contribution in [0.25, 0.3) is 0 Å². The van der Waals surface area contributed by atoms with E-state index in [-0.39, 0.29) is 11.9 Å².